The number of carbonyl (C=O) groups excluding carboxylic acids is 1. The lowest BCUT2D eigenvalue weighted by Crippen LogP contribution is -2.34. The van der Waals surface area contributed by atoms with Crippen LogP contribution < -0.4 is 10.1 Å². The fourth-order valence-corrected chi connectivity index (χ4v) is 4.62. The summed E-state index contributed by atoms with van der Waals surface area (Å²) in [6.45, 7) is 1.05. The molecule has 5 aromatic rings. The molecule has 2 heterocycles. The zero-order valence-electron chi connectivity index (χ0n) is 17.8. The third-order valence-electron chi connectivity index (χ3n) is 6.23. The minimum Gasteiger partial charge on any atom is -0.289 e. The highest BCUT2D eigenvalue weighted by Crippen LogP contribution is 2.36. The lowest BCUT2D eigenvalue weighted by molar-refractivity contribution is -0.688. The Morgan fingerprint density at radius 1 is 0.697 bits per heavy atom. The van der Waals surface area contributed by atoms with Crippen LogP contribution in [0.15, 0.2) is 102 Å². The van der Waals surface area contributed by atoms with Crippen molar-refractivity contribution in [3.05, 3.63) is 130 Å². The predicted octanol–water partition coefficient (Wildman–Crippen LogP) is 3.99. The molecule has 33 heavy (non-hydrogen) atoms. The van der Waals surface area contributed by atoms with Gasteiger partial charge in [0.1, 0.15) is 5.69 Å². The van der Waals surface area contributed by atoms with Gasteiger partial charge in [-0.25, -0.2) is 9.25 Å². The summed E-state index contributed by atoms with van der Waals surface area (Å²) in [7, 11) is 0. The highest BCUT2D eigenvalue weighted by molar-refractivity contribution is 6.25. The second kappa shape index (κ2) is 7.64. The molecule has 2 aromatic heterocycles. The third kappa shape index (κ3) is 3.17. The van der Waals surface area contributed by atoms with Gasteiger partial charge in [-0.2, -0.15) is 5.10 Å². The highest BCUT2D eigenvalue weighted by Gasteiger charge is 2.27. The fraction of sp³-hybridized carbons (Fsp3) is 0.0714. The molecule has 0 saturated carbocycles. The smallest absolute Gasteiger partial charge is 0.275 e. The molecule has 0 radical (unpaired) electrons. The molecule has 0 spiro atoms. The largest absolute Gasteiger partial charge is 0.289 e. The lowest BCUT2D eigenvalue weighted by Gasteiger charge is -2.20. The van der Waals surface area contributed by atoms with Gasteiger partial charge >= 0.3 is 0 Å². The zero-order valence-corrected chi connectivity index (χ0v) is 17.8. The van der Waals surface area contributed by atoms with E-state index in [1.165, 1.54) is 4.68 Å². The first-order valence-corrected chi connectivity index (χ1v) is 10.9. The molecule has 0 saturated heterocycles. The number of nitrogens with zero attached hydrogens (tertiary/aromatic N) is 3. The number of pyridine rings is 1. The van der Waals surface area contributed by atoms with E-state index in [-0.39, 0.29) is 11.3 Å². The summed E-state index contributed by atoms with van der Waals surface area (Å²) in [6, 6.07) is 26.9. The lowest BCUT2D eigenvalue weighted by atomic mass is 9.86. The molecule has 0 N–H and O–H groups in total. The predicted molar refractivity (Wildman–Crippen MR) is 126 cm³/mol. The van der Waals surface area contributed by atoms with Crippen molar-refractivity contribution in [3.63, 3.8) is 0 Å². The molecule has 0 unspecified atom stereocenters. The van der Waals surface area contributed by atoms with Crippen LogP contribution in [0.4, 0.5) is 0 Å². The number of aromatic nitrogens is 3. The van der Waals surface area contributed by atoms with E-state index in [4.69, 9.17) is 5.10 Å². The second-order valence-electron chi connectivity index (χ2n) is 8.23. The summed E-state index contributed by atoms with van der Waals surface area (Å²) >= 11 is 0. The average Bonchev–Trinajstić information content (AvgIpc) is 2.86. The van der Waals surface area contributed by atoms with Gasteiger partial charge in [-0.3, -0.25) is 9.59 Å². The Morgan fingerprint density at radius 3 is 2.21 bits per heavy atom. The van der Waals surface area contributed by atoms with Gasteiger partial charge in [0.25, 0.3) is 5.56 Å². The van der Waals surface area contributed by atoms with Gasteiger partial charge < -0.3 is 0 Å². The van der Waals surface area contributed by atoms with Crippen molar-refractivity contribution in [2.24, 2.45) is 0 Å². The van der Waals surface area contributed by atoms with E-state index in [1.807, 2.05) is 73.1 Å². The van der Waals surface area contributed by atoms with E-state index in [9.17, 15) is 9.59 Å². The van der Waals surface area contributed by atoms with Crippen molar-refractivity contribution in [1.82, 2.24) is 9.78 Å². The van der Waals surface area contributed by atoms with Crippen molar-refractivity contribution in [2.75, 3.05) is 0 Å². The van der Waals surface area contributed by atoms with Crippen LogP contribution in [0.25, 0.3) is 22.0 Å². The third-order valence-corrected chi connectivity index (χ3v) is 6.23. The number of hydrogen-bond acceptors (Lipinski definition) is 3. The van der Waals surface area contributed by atoms with Crippen LogP contribution in [0.2, 0.25) is 0 Å². The molecular weight excluding hydrogens is 410 g/mol. The number of carbonyl (C=O) groups is 1. The highest BCUT2D eigenvalue weighted by atomic mass is 16.1. The molecule has 3 aromatic carbocycles. The molecule has 5 heteroatoms. The number of benzene rings is 3. The van der Waals surface area contributed by atoms with Crippen molar-refractivity contribution < 1.29 is 9.36 Å². The van der Waals surface area contributed by atoms with Crippen LogP contribution >= 0.6 is 0 Å². The monoisotopic (exact) mass is 430 g/mol. The maximum absolute atomic E-state index is 13.4. The van der Waals surface area contributed by atoms with E-state index in [0.717, 1.165) is 16.7 Å². The van der Waals surface area contributed by atoms with Gasteiger partial charge in [-0.1, -0.05) is 66.7 Å². The van der Waals surface area contributed by atoms with E-state index in [1.54, 1.807) is 18.2 Å². The number of fused-ring (bicyclic) bond motifs is 2. The molecule has 1 aliphatic rings. The second-order valence-corrected chi connectivity index (χ2v) is 8.23. The van der Waals surface area contributed by atoms with Gasteiger partial charge in [0, 0.05) is 39.8 Å². The molecule has 0 bridgehead atoms. The van der Waals surface area contributed by atoms with Crippen LogP contribution in [-0.4, -0.2) is 15.6 Å². The Labute approximate surface area is 190 Å². The average molecular weight is 430 g/mol. The number of ketones is 1. The SMILES string of the molecule is O=C1c2ccccc2-c2nn(Cc3ccccc3C[n+]3ccccc3)c(=O)c3cccc1c23. The quantitative estimate of drug-likeness (QED) is 0.398. The topological polar surface area (TPSA) is 55.8 Å². The first-order chi connectivity index (χ1) is 16.2. The summed E-state index contributed by atoms with van der Waals surface area (Å²) in [5.74, 6) is -0.0621. The van der Waals surface area contributed by atoms with Crippen molar-refractivity contribution >= 4 is 16.6 Å². The molecule has 0 amide bonds. The molecule has 0 fully saturated rings. The minimum atomic E-state index is -0.190. The van der Waals surface area contributed by atoms with E-state index in [0.29, 0.717) is 40.7 Å². The van der Waals surface area contributed by atoms with Crippen LogP contribution in [0.1, 0.15) is 27.0 Å². The summed E-state index contributed by atoms with van der Waals surface area (Å²) in [6.07, 6.45) is 4.05. The van der Waals surface area contributed by atoms with Gasteiger partial charge in [0.05, 0.1) is 11.9 Å². The van der Waals surface area contributed by atoms with Crippen molar-refractivity contribution in [1.29, 1.82) is 0 Å². The van der Waals surface area contributed by atoms with Crippen LogP contribution in [-0.2, 0) is 13.1 Å². The van der Waals surface area contributed by atoms with Crippen LogP contribution in [0, 0.1) is 0 Å². The van der Waals surface area contributed by atoms with Crippen molar-refractivity contribution in [3.8, 4) is 11.3 Å². The summed E-state index contributed by atoms with van der Waals surface area (Å²) in [5, 5.41) is 5.97. The Morgan fingerprint density at radius 2 is 1.39 bits per heavy atom. The van der Waals surface area contributed by atoms with E-state index >= 15 is 0 Å². The standard InChI is InChI=1S/C28H20N3O2/c32-27-22-12-5-4-11-21(22)26-25-23(27)13-8-14-24(25)28(33)31(29-26)18-20-10-3-2-9-19(20)17-30-15-6-1-7-16-30/h1-16H,17-18H2/q+1. The zero-order chi connectivity index (χ0) is 22.4. The molecule has 0 aliphatic heterocycles. The summed E-state index contributed by atoms with van der Waals surface area (Å²) in [4.78, 5) is 26.5. The van der Waals surface area contributed by atoms with Crippen molar-refractivity contribution in [2.45, 2.75) is 13.1 Å². The Bertz CT molecular complexity index is 1600. The first kappa shape index (κ1) is 19.3. The fourth-order valence-electron chi connectivity index (χ4n) is 4.62. The molecule has 1 aliphatic carbocycles. The molecular formula is C28H20N3O2+. The first-order valence-electron chi connectivity index (χ1n) is 10.9. The maximum Gasteiger partial charge on any atom is 0.275 e. The van der Waals surface area contributed by atoms with Gasteiger partial charge in [0.2, 0.25) is 0 Å². The number of rotatable bonds is 4. The summed E-state index contributed by atoms with van der Waals surface area (Å²) in [5.41, 5.74) is 4.59. The molecule has 0 atom stereocenters. The number of hydrogen-bond donors (Lipinski definition) is 0. The molecule has 158 valence electrons. The molecule has 6 rings (SSSR count). The molecule has 5 nitrogen and oxygen atoms in total. The Hall–Kier alpha value is -4.38. The van der Waals surface area contributed by atoms with Gasteiger partial charge in [-0.15, -0.1) is 0 Å². The van der Waals surface area contributed by atoms with Gasteiger partial charge in [-0.05, 0) is 11.6 Å². The van der Waals surface area contributed by atoms with Crippen LogP contribution in [0.3, 0.4) is 0 Å². The normalized spacial score (nSPS) is 12.1. The van der Waals surface area contributed by atoms with E-state index in [2.05, 4.69) is 10.6 Å². The Balaban J connectivity index is 1.51. The summed E-state index contributed by atoms with van der Waals surface area (Å²) < 4.78 is 3.63. The Kier molecular flexibility index (Phi) is 4.47. The maximum atomic E-state index is 13.4. The van der Waals surface area contributed by atoms with Gasteiger partial charge in [0.15, 0.2) is 24.7 Å². The minimum absolute atomic E-state index is 0.0621. The van der Waals surface area contributed by atoms with E-state index < -0.39 is 0 Å². The van der Waals surface area contributed by atoms with Crippen LogP contribution in [0.5, 0.6) is 0 Å².